The highest BCUT2D eigenvalue weighted by Crippen LogP contribution is 2.71. The molecule has 22 atom stereocenters. The van der Waals surface area contributed by atoms with Crippen molar-refractivity contribution in [2.75, 3.05) is 0 Å². The number of hydrogen-bond donors (Lipinski definition) is 6. The number of amides is 1. The van der Waals surface area contributed by atoms with Gasteiger partial charge >= 0.3 is 5.97 Å². The molecule has 9 nitrogen and oxygen atoms in total. The third kappa shape index (κ3) is 8.71. The number of nitriles is 1. The molecule has 0 radical (unpaired) electrons. The van der Waals surface area contributed by atoms with Crippen molar-refractivity contribution in [3.05, 3.63) is 0 Å². The van der Waals surface area contributed by atoms with Crippen molar-refractivity contribution < 1.29 is 35.1 Å². The lowest BCUT2D eigenvalue weighted by atomic mass is 9.41. The molecule has 0 aromatic heterocycles. The molecular weight excluding hydrogens is 789 g/mol. The summed E-state index contributed by atoms with van der Waals surface area (Å²) in [5.74, 6) is 5.64. The van der Waals surface area contributed by atoms with Crippen LogP contribution in [0.5, 0.6) is 0 Å². The third-order valence-corrected chi connectivity index (χ3v) is 22.1. The fraction of sp³-hybridized carbons (Fsp3) is 0.944. The number of rotatable bonds is 10. The van der Waals surface area contributed by atoms with E-state index in [2.05, 4.69) is 60.7 Å². The molecule has 360 valence electrons. The van der Waals surface area contributed by atoms with Crippen molar-refractivity contribution in [2.24, 2.45) is 105 Å². The van der Waals surface area contributed by atoms with Gasteiger partial charge in [0.05, 0.1) is 24.4 Å². The van der Waals surface area contributed by atoms with Gasteiger partial charge in [-0.1, -0.05) is 75.7 Å². The van der Waals surface area contributed by atoms with E-state index >= 15 is 0 Å². The van der Waals surface area contributed by atoms with Crippen LogP contribution in [0.3, 0.4) is 0 Å². The van der Waals surface area contributed by atoms with Gasteiger partial charge in [-0.2, -0.15) is 5.26 Å². The van der Waals surface area contributed by atoms with Gasteiger partial charge < -0.3 is 25.5 Å². The molecule has 8 saturated carbocycles. The molecule has 0 heterocycles. The Kier molecular flexibility index (Phi) is 15.7. The zero-order valence-electron chi connectivity index (χ0n) is 40.0. The monoisotopic (exact) mass is 881 g/mol. The summed E-state index contributed by atoms with van der Waals surface area (Å²) in [5.41, 5.74) is 0.945. The molecule has 8 unspecified atom stereocenters. The summed E-state index contributed by atoms with van der Waals surface area (Å²) in [6.45, 7) is 18.9. The third-order valence-electron chi connectivity index (χ3n) is 22.1. The van der Waals surface area contributed by atoms with E-state index in [-0.39, 0.29) is 65.8 Å². The summed E-state index contributed by atoms with van der Waals surface area (Å²) in [6, 6.07) is 0. The van der Waals surface area contributed by atoms with Crippen LogP contribution in [-0.4, -0.2) is 61.8 Å². The van der Waals surface area contributed by atoms with E-state index in [1.807, 2.05) is 0 Å². The first-order valence-corrected chi connectivity index (χ1v) is 25.9. The second kappa shape index (κ2) is 19.5. The second-order valence-corrected chi connectivity index (χ2v) is 24.3. The molecule has 1 amide bonds. The van der Waals surface area contributed by atoms with Gasteiger partial charge in [0.1, 0.15) is 0 Å². The van der Waals surface area contributed by atoms with E-state index in [9.17, 15) is 30.0 Å². The highest BCUT2D eigenvalue weighted by Gasteiger charge is 2.66. The molecule has 6 N–H and O–H groups in total. The maximum absolute atomic E-state index is 11.8. The van der Waals surface area contributed by atoms with Gasteiger partial charge in [-0.3, -0.25) is 14.9 Å². The molecule has 0 aromatic carbocycles. The summed E-state index contributed by atoms with van der Waals surface area (Å²) in [4.78, 5) is 23.0. The molecule has 0 aromatic rings. The normalized spacial score (nSPS) is 49.3. The Bertz CT molecular complexity index is 1630. The Hall–Kier alpha value is -1.73. The summed E-state index contributed by atoms with van der Waals surface area (Å²) in [6.07, 6.45) is 20.5. The van der Waals surface area contributed by atoms with Crippen LogP contribution in [0.2, 0.25) is 0 Å². The van der Waals surface area contributed by atoms with Crippen LogP contribution in [0, 0.1) is 116 Å². The van der Waals surface area contributed by atoms with Gasteiger partial charge in [0.2, 0.25) is 5.91 Å². The maximum atomic E-state index is 11.8. The number of aliphatic carboxylic acids is 1. The van der Waals surface area contributed by atoms with Crippen molar-refractivity contribution >= 4 is 11.9 Å². The zero-order chi connectivity index (χ0) is 45.1. The second-order valence-electron chi connectivity index (χ2n) is 24.3. The van der Waals surface area contributed by atoms with Crippen LogP contribution in [0.1, 0.15) is 191 Å². The fourth-order valence-electron chi connectivity index (χ4n) is 19.1. The predicted octanol–water partition coefficient (Wildman–Crippen LogP) is 10.4. The lowest BCUT2D eigenvalue weighted by Crippen LogP contribution is -2.62. The Balaban J connectivity index is 0.000000207. The van der Waals surface area contributed by atoms with E-state index < -0.39 is 5.97 Å². The van der Waals surface area contributed by atoms with E-state index in [4.69, 9.17) is 10.4 Å². The van der Waals surface area contributed by atoms with Crippen molar-refractivity contribution in [1.29, 1.82) is 5.26 Å². The summed E-state index contributed by atoms with van der Waals surface area (Å²) in [7, 11) is 0. The van der Waals surface area contributed by atoms with Gasteiger partial charge in [0.15, 0.2) is 6.19 Å². The molecule has 8 aliphatic rings. The number of hydrogen-bond acceptors (Lipinski definition) is 7. The topological polar surface area (TPSA) is 171 Å². The van der Waals surface area contributed by atoms with Gasteiger partial charge in [-0.05, 0) is 207 Å². The standard InChI is InChI=1S/C27H44N2O3.C26H44O4.CH4/c1-5-18-22-14-17(30)10-12-27(22,4)21-11-13-26(3)19(7-8-20(26)24(21)25(18)32)16(2)6-9-23(31)29-15-28;1-5-17-21-14-16(27)10-12-26(21,4)20-11-13-25(3)18(15(2)6-9-22(28)29)7-8-19(25)23(20)24(17)30;/h16-22,24-25,30,32H,5-14H2,1-4H3,(H,29,31);15-21,23-24,27,30H,5-14H2,1-4H3,(H,28,29);1H4/t16-,17-,18-,19?,20?,21?,22+,24?,25-,26-,27-;15-,16-,17-,18?,19?,20?,21+,23?,24-,25-,26-;/m11./s1. The number of nitrogens with zero attached hydrogens (tertiary/aromatic N) is 1. The van der Waals surface area contributed by atoms with Crippen LogP contribution < -0.4 is 5.32 Å². The van der Waals surface area contributed by atoms with Gasteiger partial charge in [0, 0.05) is 12.8 Å². The highest BCUT2D eigenvalue weighted by molar-refractivity contribution is 5.77. The minimum atomic E-state index is -0.683. The van der Waals surface area contributed by atoms with Crippen molar-refractivity contribution in [2.45, 2.75) is 216 Å². The maximum Gasteiger partial charge on any atom is 0.303 e. The van der Waals surface area contributed by atoms with Crippen LogP contribution in [-0.2, 0) is 9.59 Å². The van der Waals surface area contributed by atoms with Crippen molar-refractivity contribution in [3.63, 3.8) is 0 Å². The molecule has 0 bridgehead atoms. The van der Waals surface area contributed by atoms with E-state index in [1.165, 1.54) is 51.4 Å². The lowest BCUT2D eigenvalue weighted by molar-refractivity contribution is -0.203. The highest BCUT2D eigenvalue weighted by atomic mass is 16.4. The summed E-state index contributed by atoms with van der Waals surface area (Å²) < 4.78 is 0. The van der Waals surface area contributed by atoms with Crippen LogP contribution in [0.4, 0.5) is 0 Å². The molecule has 0 aliphatic heterocycles. The van der Waals surface area contributed by atoms with Gasteiger partial charge in [-0.25, -0.2) is 0 Å². The molecule has 8 rings (SSSR count). The first-order chi connectivity index (χ1) is 29.3. The molecule has 9 heteroatoms. The lowest BCUT2D eigenvalue weighted by Gasteiger charge is -2.64. The number of carboxylic acid groups (broad SMARTS) is 1. The van der Waals surface area contributed by atoms with Crippen LogP contribution >= 0.6 is 0 Å². The molecule has 8 aliphatic carbocycles. The Morgan fingerprint density at radius 3 is 1.37 bits per heavy atom. The number of carbonyl (C=O) groups excluding carboxylic acids is 1. The van der Waals surface area contributed by atoms with Gasteiger partial charge in [0.25, 0.3) is 0 Å². The number of fused-ring (bicyclic) bond motifs is 10. The van der Waals surface area contributed by atoms with E-state index in [0.29, 0.717) is 89.3 Å². The minimum absolute atomic E-state index is 0. The van der Waals surface area contributed by atoms with Gasteiger partial charge in [-0.15, -0.1) is 0 Å². The Morgan fingerprint density at radius 1 is 0.603 bits per heavy atom. The molecule has 0 saturated heterocycles. The van der Waals surface area contributed by atoms with Crippen molar-refractivity contribution in [3.8, 4) is 6.19 Å². The first-order valence-electron chi connectivity index (χ1n) is 25.9. The summed E-state index contributed by atoms with van der Waals surface area (Å²) >= 11 is 0. The Morgan fingerprint density at radius 2 is 0.984 bits per heavy atom. The van der Waals surface area contributed by atoms with E-state index in [0.717, 1.165) is 64.2 Å². The van der Waals surface area contributed by atoms with Crippen LogP contribution in [0.15, 0.2) is 0 Å². The first kappa shape index (κ1) is 50.7. The van der Waals surface area contributed by atoms with E-state index in [1.54, 1.807) is 6.19 Å². The number of aliphatic hydroxyl groups is 4. The smallest absolute Gasteiger partial charge is 0.303 e. The average Bonchev–Trinajstić information content (AvgIpc) is 3.78. The number of carbonyl (C=O) groups is 2. The van der Waals surface area contributed by atoms with Crippen LogP contribution in [0.25, 0.3) is 0 Å². The number of nitrogens with one attached hydrogen (secondary N) is 1. The molecule has 0 spiro atoms. The number of carboxylic acids is 1. The quantitative estimate of drug-likeness (QED) is 0.0930. The predicted molar refractivity (Wildman–Crippen MR) is 248 cm³/mol. The largest absolute Gasteiger partial charge is 0.481 e. The molecular formula is C54H92N2O7. The molecule has 8 fully saturated rings. The Labute approximate surface area is 382 Å². The SMILES string of the molecule is C.CC[C@H]1[C@@H](O)C2C3CCC([C@H](C)CCC(=O)NC#N)[C@@]3(C)CCC2[C@@]2(C)CC[C@@H](O)C[C@@H]12.CC[C@H]1[C@@H](O)C2C3CCC([C@H](C)CCC(=O)O)[C@@]3(C)CCC2[C@@]2(C)CC[C@@H](O)C[C@@H]12. The minimum Gasteiger partial charge on any atom is -0.481 e. The number of aliphatic hydroxyl groups excluding tert-OH is 4. The summed E-state index contributed by atoms with van der Waals surface area (Å²) in [5, 5.41) is 64.4. The van der Waals surface area contributed by atoms with Crippen molar-refractivity contribution in [1.82, 2.24) is 5.32 Å². The average molecular weight is 881 g/mol. The zero-order valence-corrected chi connectivity index (χ0v) is 40.0. The fourth-order valence-corrected chi connectivity index (χ4v) is 19.1. The molecule has 63 heavy (non-hydrogen) atoms.